The Bertz CT molecular complexity index is 1010. The molecular weight excluding hydrogens is 316 g/mol. The van der Waals surface area contributed by atoms with Crippen LogP contribution in [0.2, 0.25) is 0 Å². The number of thiazole rings is 1. The highest BCUT2D eigenvalue weighted by Gasteiger charge is 2.14. The van der Waals surface area contributed by atoms with Gasteiger partial charge in [-0.25, -0.2) is 9.97 Å². The van der Waals surface area contributed by atoms with E-state index in [-0.39, 0.29) is 0 Å². The zero-order valence-electron chi connectivity index (χ0n) is 13.9. The number of hydrogen-bond acceptors (Lipinski definition) is 4. The van der Waals surface area contributed by atoms with Crippen LogP contribution in [0.25, 0.3) is 17.0 Å². The van der Waals surface area contributed by atoms with Crippen LogP contribution in [0.4, 0.5) is 10.8 Å². The summed E-state index contributed by atoms with van der Waals surface area (Å²) in [6.07, 6.45) is 2.06. The summed E-state index contributed by atoms with van der Waals surface area (Å²) in [5, 5.41) is 6.33. The van der Waals surface area contributed by atoms with Gasteiger partial charge in [-0.05, 0) is 50.6 Å². The van der Waals surface area contributed by atoms with Crippen molar-refractivity contribution in [2.45, 2.75) is 20.8 Å². The van der Waals surface area contributed by atoms with E-state index >= 15 is 0 Å². The smallest absolute Gasteiger partial charge is 0.187 e. The molecule has 4 rings (SSSR count). The van der Waals surface area contributed by atoms with E-state index in [1.807, 2.05) is 6.92 Å². The molecule has 0 radical (unpaired) electrons. The lowest BCUT2D eigenvalue weighted by molar-refractivity contribution is 1.16. The lowest BCUT2D eigenvalue weighted by atomic mass is 10.2. The van der Waals surface area contributed by atoms with Gasteiger partial charge in [0.2, 0.25) is 0 Å². The number of nitrogens with one attached hydrogen (secondary N) is 1. The van der Waals surface area contributed by atoms with Crippen molar-refractivity contribution in [3.8, 4) is 11.4 Å². The maximum absolute atomic E-state index is 4.75. The second-order valence-corrected chi connectivity index (χ2v) is 6.87. The second-order valence-electron chi connectivity index (χ2n) is 6.01. The minimum Gasteiger partial charge on any atom is -0.332 e. The first kappa shape index (κ1) is 14.9. The molecule has 0 atom stereocenters. The Kier molecular flexibility index (Phi) is 3.58. The predicted molar refractivity (Wildman–Crippen MR) is 100 cm³/mol. The number of rotatable bonds is 3. The summed E-state index contributed by atoms with van der Waals surface area (Å²) in [5.74, 6) is 0. The van der Waals surface area contributed by atoms with Gasteiger partial charge in [-0.15, -0.1) is 11.3 Å². The molecule has 1 aromatic carbocycles. The molecule has 5 heteroatoms. The quantitative estimate of drug-likeness (QED) is 0.565. The van der Waals surface area contributed by atoms with Gasteiger partial charge in [0.1, 0.15) is 11.3 Å². The number of imidazole rings is 1. The normalized spacial score (nSPS) is 11.1. The largest absolute Gasteiger partial charge is 0.332 e. The average molecular weight is 334 g/mol. The number of hydrogen-bond donors (Lipinski definition) is 1. The first-order chi connectivity index (χ1) is 11.6. The van der Waals surface area contributed by atoms with Crippen molar-refractivity contribution >= 4 is 27.8 Å². The van der Waals surface area contributed by atoms with E-state index in [9.17, 15) is 0 Å². The number of aromatic nitrogens is 3. The molecule has 3 aromatic heterocycles. The first-order valence-electron chi connectivity index (χ1n) is 7.85. The van der Waals surface area contributed by atoms with Crippen LogP contribution in [-0.4, -0.2) is 14.4 Å². The van der Waals surface area contributed by atoms with Gasteiger partial charge in [0.05, 0.1) is 11.4 Å². The molecule has 1 N–H and O–H groups in total. The highest BCUT2D eigenvalue weighted by molar-refractivity contribution is 7.14. The fraction of sp³-hybridized carbons (Fsp3) is 0.158. The molecule has 120 valence electrons. The molecule has 0 amide bonds. The Hall–Kier alpha value is -2.66. The summed E-state index contributed by atoms with van der Waals surface area (Å²) in [6.45, 7) is 6.20. The van der Waals surface area contributed by atoms with E-state index in [2.05, 4.69) is 76.5 Å². The number of nitrogens with zero attached hydrogens (tertiary/aromatic N) is 3. The lowest BCUT2D eigenvalue weighted by Gasteiger charge is -2.03. The molecule has 0 unspecified atom stereocenters. The molecule has 0 aliphatic heterocycles. The summed E-state index contributed by atoms with van der Waals surface area (Å²) in [5.41, 5.74) is 7.46. The number of benzene rings is 1. The molecule has 0 fully saturated rings. The highest BCUT2D eigenvalue weighted by Crippen LogP contribution is 2.30. The minimum absolute atomic E-state index is 0.885. The molecule has 0 bridgehead atoms. The lowest BCUT2D eigenvalue weighted by Crippen LogP contribution is -1.92. The van der Waals surface area contributed by atoms with Gasteiger partial charge in [0.15, 0.2) is 5.13 Å². The van der Waals surface area contributed by atoms with Gasteiger partial charge >= 0.3 is 0 Å². The van der Waals surface area contributed by atoms with Crippen molar-refractivity contribution in [3.63, 3.8) is 0 Å². The SMILES string of the molecule is Cc1ccc(Nc2nc(-c3c(C)nc4cc(C)ccn34)cs2)cc1. The van der Waals surface area contributed by atoms with Gasteiger partial charge in [-0.2, -0.15) is 0 Å². The summed E-state index contributed by atoms with van der Waals surface area (Å²) in [6, 6.07) is 12.5. The third-order valence-electron chi connectivity index (χ3n) is 4.01. The van der Waals surface area contributed by atoms with Gasteiger partial charge in [-0.3, -0.25) is 4.40 Å². The summed E-state index contributed by atoms with van der Waals surface area (Å²) < 4.78 is 2.10. The number of fused-ring (bicyclic) bond motifs is 1. The Balaban J connectivity index is 1.70. The third-order valence-corrected chi connectivity index (χ3v) is 4.76. The standard InChI is InChI=1S/C19H18N4S/c1-12-4-6-15(7-5-12)21-19-22-16(11-24-19)18-14(3)20-17-10-13(2)8-9-23(17)18/h4-11H,1-3H3,(H,21,22). The first-order valence-corrected chi connectivity index (χ1v) is 8.73. The summed E-state index contributed by atoms with van der Waals surface area (Å²) in [4.78, 5) is 9.41. The molecule has 3 heterocycles. The van der Waals surface area contributed by atoms with Crippen LogP contribution < -0.4 is 5.32 Å². The van der Waals surface area contributed by atoms with Gasteiger partial charge in [-0.1, -0.05) is 17.7 Å². The Morgan fingerprint density at radius 1 is 0.958 bits per heavy atom. The molecule has 4 nitrogen and oxygen atoms in total. The highest BCUT2D eigenvalue weighted by atomic mass is 32.1. The van der Waals surface area contributed by atoms with E-state index in [1.54, 1.807) is 11.3 Å². The molecule has 24 heavy (non-hydrogen) atoms. The minimum atomic E-state index is 0.885. The maximum atomic E-state index is 4.75. The zero-order valence-corrected chi connectivity index (χ0v) is 14.7. The summed E-state index contributed by atoms with van der Waals surface area (Å²) in [7, 11) is 0. The maximum Gasteiger partial charge on any atom is 0.187 e. The van der Waals surface area contributed by atoms with Crippen molar-refractivity contribution in [1.29, 1.82) is 0 Å². The van der Waals surface area contributed by atoms with Crippen LogP contribution >= 0.6 is 11.3 Å². The van der Waals surface area contributed by atoms with E-state index in [0.29, 0.717) is 0 Å². The van der Waals surface area contributed by atoms with Crippen molar-refractivity contribution in [3.05, 3.63) is 64.8 Å². The van der Waals surface area contributed by atoms with Crippen LogP contribution in [-0.2, 0) is 0 Å². The van der Waals surface area contributed by atoms with Crippen molar-refractivity contribution in [2.24, 2.45) is 0 Å². The molecule has 0 aliphatic rings. The van der Waals surface area contributed by atoms with Crippen molar-refractivity contribution < 1.29 is 0 Å². The van der Waals surface area contributed by atoms with E-state index < -0.39 is 0 Å². The Morgan fingerprint density at radius 3 is 2.54 bits per heavy atom. The second kappa shape index (κ2) is 5.76. The fourth-order valence-corrected chi connectivity index (χ4v) is 3.49. The molecule has 4 aromatic rings. The molecule has 0 saturated heterocycles. The number of anilines is 2. The molecular formula is C19H18N4S. The number of pyridine rings is 1. The molecule has 0 aliphatic carbocycles. The van der Waals surface area contributed by atoms with Crippen LogP contribution in [0.15, 0.2) is 48.0 Å². The van der Waals surface area contributed by atoms with E-state index in [0.717, 1.165) is 33.5 Å². The van der Waals surface area contributed by atoms with Crippen molar-refractivity contribution in [1.82, 2.24) is 14.4 Å². The van der Waals surface area contributed by atoms with Gasteiger partial charge in [0.25, 0.3) is 0 Å². The predicted octanol–water partition coefficient (Wildman–Crippen LogP) is 5.13. The van der Waals surface area contributed by atoms with Gasteiger partial charge < -0.3 is 5.32 Å². The monoisotopic (exact) mass is 334 g/mol. The van der Waals surface area contributed by atoms with Crippen LogP contribution in [0.3, 0.4) is 0 Å². The van der Waals surface area contributed by atoms with E-state index in [1.165, 1.54) is 11.1 Å². The Labute approximate surface area is 144 Å². The van der Waals surface area contributed by atoms with Crippen LogP contribution in [0.5, 0.6) is 0 Å². The zero-order chi connectivity index (χ0) is 16.7. The fourth-order valence-electron chi connectivity index (χ4n) is 2.77. The average Bonchev–Trinajstić information content (AvgIpc) is 3.12. The Morgan fingerprint density at radius 2 is 1.75 bits per heavy atom. The molecule has 0 spiro atoms. The van der Waals surface area contributed by atoms with Gasteiger partial charge in [0, 0.05) is 17.3 Å². The van der Waals surface area contributed by atoms with Crippen molar-refractivity contribution in [2.75, 3.05) is 5.32 Å². The third kappa shape index (κ3) is 2.67. The number of aryl methyl sites for hydroxylation is 3. The topological polar surface area (TPSA) is 42.2 Å². The summed E-state index contributed by atoms with van der Waals surface area (Å²) >= 11 is 1.60. The van der Waals surface area contributed by atoms with Crippen LogP contribution in [0.1, 0.15) is 16.8 Å². The van der Waals surface area contributed by atoms with Crippen LogP contribution in [0, 0.1) is 20.8 Å². The molecule has 0 saturated carbocycles. The van der Waals surface area contributed by atoms with E-state index in [4.69, 9.17) is 4.98 Å².